The Hall–Kier alpha value is 0.260. The van der Waals surface area contributed by atoms with Crippen molar-refractivity contribution in [2.24, 2.45) is 0 Å². The van der Waals surface area contributed by atoms with Crippen molar-refractivity contribution in [3.05, 3.63) is 0 Å². The lowest BCUT2D eigenvalue weighted by Crippen LogP contribution is -2.04. The van der Waals surface area contributed by atoms with Gasteiger partial charge in [0.1, 0.15) is 0 Å². The summed E-state index contributed by atoms with van der Waals surface area (Å²) in [5.41, 5.74) is 0. The van der Waals surface area contributed by atoms with Crippen LogP contribution in [0.2, 0.25) is 0 Å². The average molecular weight is 212 g/mol. The van der Waals surface area contributed by atoms with E-state index in [2.05, 4.69) is 6.92 Å². The van der Waals surface area contributed by atoms with E-state index < -0.39 is 10.1 Å². The van der Waals surface area contributed by atoms with Gasteiger partial charge in [-0.2, -0.15) is 20.2 Å². The average Bonchev–Trinajstić information content (AvgIpc) is 1.94. The van der Waals surface area contributed by atoms with E-state index in [1.165, 1.54) is 12.8 Å². The Morgan fingerprint density at radius 2 is 1.83 bits per heavy atom. The van der Waals surface area contributed by atoms with Crippen molar-refractivity contribution >= 4 is 21.9 Å². The summed E-state index contributed by atoms with van der Waals surface area (Å²) in [5.74, 6) is 1.80. The first-order chi connectivity index (χ1) is 5.56. The molecule has 1 N–H and O–H groups in total. The molecule has 0 radical (unpaired) electrons. The fourth-order valence-corrected chi connectivity index (χ4v) is 2.43. The van der Waals surface area contributed by atoms with Crippen molar-refractivity contribution in [3.63, 3.8) is 0 Å². The number of rotatable bonds is 7. The van der Waals surface area contributed by atoms with Gasteiger partial charge in [-0.15, -0.1) is 0 Å². The summed E-state index contributed by atoms with van der Waals surface area (Å²) in [6.45, 7) is 2.12. The van der Waals surface area contributed by atoms with E-state index >= 15 is 0 Å². The third-order valence-electron chi connectivity index (χ3n) is 1.33. The Bertz CT molecular complexity index is 187. The molecule has 12 heavy (non-hydrogen) atoms. The van der Waals surface area contributed by atoms with Gasteiger partial charge in [-0.3, -0.25) is 4.55 Å². The molecule has 0 heterocycles. The van der Waals surface area contributed by atoms with Gasteiger partial charge in [0.15, 0.2) is 0 Å². The molecule has 3 nitrogen and oxygen atoms in total. The Morgan fingerprint density at radius 3 is 2.33 bits per heavy atom. The van der Waals surface area contributed by atoms with Crippen LogP contribution in [0.3, 0.4) is 0 Å². The van der Waals surface area contributed by atoms with Crippen LogP contribution in [0.15, 0.2) is 0 Å². The molecule has 0 aliphatic carbocycles. The molecule has 0 atom stereocenters. The zero-order valence-corrected chi connectivity index (χ0v) is 8.96. The van der Waals surface area contributed by atoms with Crippen LogP contribution >= 0.6 is 11.8 Å². The van der Waals surface area contributed by atoms with Crippen LogP contribution < -0.4 is 0 Å². The summed E-state index contributed by atoms with van der Waals surface area (Å²) in [5, 5.41) is 0. The van der Waals surface area contributed by atoms with Crippen LogP contribution in [0.5, 0.6) is 0 Å². The summed E-state index contributed by atoms with van der Waals surface area (Å²) in [7, 11) is -3.73. The second-order valence-corrected chi connectivity index (χ2v) is 5.40. The van der Waals surface area contributed by atoms with Crippen LogP contribution in [0.1, 0.15) is 26.2 Å². The molecule has 0 amide bonds. The van der Waals surface area contributed by atoms with E-state index in [-0.39, 0.29) is 5.75 Å². The predicted octanol–water partition coefficient (Wildman–Crippen LogP) is 1.80. The van der Waals surface area contributed by atoms with Crippen molar-refractivity contribution in [2.45, 2.75) is 26.2 Å². The Kier molecular flexibility index (Phi) is 6.89. The van der Waals surface area contributed by atoms with Gasteiger partial charge in [0.05, 0.1) is 5.75 Å². The molecule has 0 bridgehead atoms. The zero-order chi connectivity index (χ0) is 9.45. The summed E-state index contributed by atoms with van der Waals surface area (Å²) >= 11 is 1.74. The van der Waals surface area contributed by atoms with Crippen LogP contribution in [0, 0.1) is 0 Å². The van der Waals surface area contributed by atoms with E-state index in [0.29, 0.717) is 6.42 Å². The molecule has 0 aliphatic rings. The highest BCUT2D eigenvalue weighted by Crippen LogP contribution is 2.06. The number of hydrogen-bond donors (Lipinski definition) is 1. The molecule has 0 aromatic carbocycles. The molecule has 0 spiro atoms. The van der Waals surface area contributed by atoms with E-state index in [4.69, 9.17) is 4.55 Å². The van der Waals surface area contributed by atoms with Gasteiger partial charge in [-0.1, -0.05) is 13.3 Å². The first-order valence-electron chi connectivity index (χ1n) is 4.09. The highest BCUT2D eigenvalue weighted by molar-refractivity contribution is 7.99. The molecule has 0 fully saturated rings. The summed E-state index contributed by atoms with van der Waals surface area (Å²) < 4.78 is 28.9. The predicted molar refractivity (Wildman–Crippen MR) is 53.3 cm³/mol. The second-order valence-electron chi connectivity index (χ2n) is 2.61. The molecule has 5 heteroatoms. The van der Waals surface area contributed by atoms with Crippen LogP contribution in [-0.2, 0) is 10.1 Å². The molecular formula is C7H16O3S2. The minimum absolute atomic E-state index is 0.105. The van der Waals surface area contributed by atoms with Gasteiger partial charge in [0, 0.05) is 0 Å². The van der Waals surface area contributed by atoms with Crippen LogP contribution in [-0.4, -0.2) is 30.2 Å². The largest absolute Gasteiger partial charge is 0.286 e. The topological polar surface area (TPSA) is 54.4 Å². The third kappa shape index (κ3) is 10.3. The molecule has 74 valence electrons. The molecule has 0 saturated heterocycles. The summed E-state index contributed by atoms with van der Waals surface area (Å²) in [4.78, 5) is 0. The van der Waals surface area contributed by atoms with Crippen molar-refractivity contribution < 1.29 is 13.0 Å². The van der Waals surface area contributed by atoms with Gasteiger partial charge in [0.25, 0.3) is 10.1 Å². The van der Waals surface area contributed by atoms with Gasteiger partial charge in [-0.25, -0.2) is 0 Å². The fraction of sp³-hybridized carbons (Fsp3) is 1.00. The normalized spacial score (nSPS) is 11.8. The monoisotopic (exact) mass is 212 g/mol. The van der Waals surface area contributed by atoms with Gasteiger partial charge < -0.3 is 0 Å². The van der Waals surface area contributed by atoms with Crippen molar-refractivity contribution in [2.75, 3.05) is 17.3 Å². The van der Waals surface area contributed by atoms with E-state index in [0.717, 1.165) is 11.5 Å². The summed E-state index contributed by atoms with van der Waals surface area (Å²) in [6, 6.07) is 0. The first-order valence-corrected chi connectivity index (χ1v) is 6.85. The van der Waals surface area contributed by atoms with E-state index in [1.807, 2.05) is 0 Å². The maximum atomic E-state index is 10.3. The SMILES string of the molecule is CCCCSCCCS(=O)(=O)O. The molecular weight excluding hydrogens is 196 g/mol. The zero-order valence-electron chi connectivity index (χ0n) is 7.32. The van der Waals surface area contributed by atoms with E-state index in [9.17, 15) is 8.42 Å². The van der Waals surface area contributed by atoms with Crippen LogP contribution in [0.25, 0.3) is 0 Å². The summed E-state index contributed by atoms with van der Waals surface area (Å²) in [6.07, 6.45) is 2.90. The number of thioether (sulfide) groups is 1. The lowest BCUT2D eigenvalue weighted by molar-refractivity contribution is 0.482. The van der Waals surface area contributed by atoms with Gasteiger partial charge in [0.2, 0.25) is 0 Å². The Balaban J connectivity index is 3.12. The van der Waals surface area contributed by atoms with Crippen molar-refractivity contribution in [1.82, 2.24) is 0 Å². The maximum absolute atomic E-state index is 10.3. The quantitative estimate of drug-likeness (QED) is 0.516. The van der Waals surface area contributed by atoms with Gasteiger partial charge in [-0.05, 0) is 24.3 Å². The van der Waals surface area contributed by atoms with E-state index in [1.54, 1.807) is 11.8 Å². The van der Waals surface area contributed by atoms with Crippen molar-refractivity contribution in [3.8, 4) is 0 Å². The Labute approximate surface area is 78.7 Å². The minimum atomic E-state index is -3.73. The van der Waals surface area contributed by atoms with Crippen LogP contribution in [0.4, 0.5) is 0 Å². The molecule has 0 rings (SSSR count). The molecule has 0 aromatic rings. The first kappa shape index (κ1) is 12.3. The molecule has 0 unspecified atom stereocenters. The number of hydrogen-bond acceptors (Lipinski definition) is 3. The van der Waals surface area contributed by atoms with Gasteiger partial charge >= 0.3 is 0 Å². The Morgan fingerprint density at radius 1 is 1.25 bits per heavy atom. The highest BCUT2D eigenvalue weighted by atomic mass is 32.2. The minimum Gasteiger partial charge on any atom is -0.286 e. The maximum Gasteiger partial charge on any atom is 0.264 e. The lowest BCUT2D eigenvalue weighted by atomic mass is 10.4. The third-order valence-corrected chi connectivity index (χ3v) is 3.29. The van der Waals surface area contributed by atoms with Crippen molar-refractivity contribution in [1.29, 1.82) is 0 Å². The second kappa shape index (κ2) is 6.74. The molecule has 0 saturated carbocycles. The molecule has 0 aliphatic heterocycles. The fourth-order valence-electron chi connectivity index (χ4n) is 0.692. The lowest BCUT2D eigenvalue weighted by Gasteiger charge is -1.98. The highest BCUT2D eigenvalue weighted by Gasteiger charge is 2.02. The number of unbranched alkanes of at least 4 members (excludes halogenated alkanes) is 1. The smallest absolute Gasteiger partial charge is 0.264 e. The molecule has 0 aromatic heterocycles. The standard InChI is InChI=1S/C7H16O3S2/c1-2-3-5-11-6-4-7-12(8,9)10/h2-7H2,1H3,(H,8,9,10).